The Kier molecular flexibility index (Phi) is 4.50. The van der Waals surface area contributed by atoms with Crippen molar-refractivity contribution in [1.82, 2.24) is 24.7 Å². The number of fused-ring (bicyclic) bond motifs is 1. The summed E-state index contributed by atoms with van der Waals surface area (Å²) < 4.78 is 1.48. The number of likely N-dealkylation sites (tertiary alicyclic amines) is 1. The van der Waals surface area contributed by atoms with Gasteiger partial charge in [-0.1, -0.05) is 12.1 Å². The molecule has 1 atom stereocenters. The molecule has 0 bridgehead atoms. The van der Waals surface area contributed by atoms with Crippen molar-refractivity contribution in [2.75, 3.05) is 32.7 Å². The quantitative estimate of drug-likeness (QED) is 0.793. The van der Waals surface area contributed by atoms with Crippen LogP contribution in [0.5, 0.6) is 0 Å². The Bertz CT molecular complexity index is 886. The van der Waals surface area contributed by atoms with E-state index in [9.17, 15) is 14.4 Å². The fourth-order valence-electron chi connectivity index (χ4n) is 3.94. The van der Waals surface area contributed by atoms with Gasteiger partial charge < -0.3 is 20.1 Å². The molecule has 0 spiro atoms. The second-order valence-electron chi connectivity index (χ2n) is 6.93. The van der Waals surface area contributed by atoms with Crippen LogP contribution in [-0.2, 0) is 16.1 Å². The third kappa shape index (κ3) is 3.12. The standard InChI is InChI=1S/C18H23N5O3/c24-16-10-19-7-9-22(16)13-4-3-8-21(11-13)17(25)12-23-15-6-2-1-5-14(15)20-18(23)26/h1-2,5-6,13,19H,3-4,7-12H2,(H,20,26). The predicted octanol–water partition coefficient (Wildman–Crippen LogP) is -0.248. The second-order valence-corrected chi connectivity index (χ2v) is 6.93. The van der Waals surface area contributed by atoms with E-state index in [2.05, 4.69) is 10.3 Å². The Balaban J connectivity index is 1.48. The highest BCUT2D eigenvalue weighted by molar-refractivity contribution is 5.81. The maximum atomic E-state index is 12.8. The van der Waals surface area contributed by atoms with Crippen molar-refractivity contribution in [2.45, 2.75) is 25.4 Å². The summed E-state index contributed by atoms with van der Waals surface area (Å²) in [5.41, 5.74) is 1.19. The van der Waals surface area contributed by atoms with Gasteiger partial charge in [0.05, 0.1) is 17.6 Å². The Labute approximate surface area is 150 Å². The summed E-state index contributed by atoms with van der Waals surface area (Å²) >= 11 is 0. The number of para-hydroxylation sites is 2. The molecule has 4 rings (SSSR count). The number of aromatic amines is 1. The van der Waals surface area contributed by atoms with Gasteiger partial charge in [0.2, 0.25) is 11.8 Å². The molecule has 0 saturated carbocycles. The van der Waals surface area contributed by atoms with Crippen molar-refractivity contribution in [3.63, 3.8) is 0 Å². The minimum atomic E-state index is -0.273. The van der Waals surface area contributed by atoms with E-state index >= 15 is 0 Å². The largest absolute Gasteiger partial charge is 0.339 e. The number of benzene rings is 1. The molecule has 2 aliphatic rings. The molecule has 138 valence electrons. The summed E-state index contributed by atoms with van der Waals surface area (Å²) in [6.45, 7) is 3.09. The van der Waals surface area contributed by atoms with Gasteiger partial charge in [0.25, 0.3) is 0 Å². The van der Waals surface area contributed by atoms with Crippen molar-refractivity contribution in [1.29, 1.82) is 0 Å². The molecular weight excluding hydrogens is 334 g/mol. The Morgan fingerprint density at radius 3 is 2.88 bits per heavy atom. The molecule has 2 amide bonds. The van der Waals surface area contributed by atoms with E-state index in [0.29, 0.717) is 26.2 Å². The third-order valence-corrected chi connectivity index (χ3v) is 5.29. The van der Waals surface area contributed by atoms with Crippen molar-refractivity contribution in [3.8, 4) is 0 Å². The number of imidazole rings is 1. The van der Waals surface area contributed by atoms with Crippen LogP contribution in [0.3, 0.4) is 0 Å². The molecule has 3 heterocycles. The minimum absolute atomic E-state index is 0.0189. The molecule has 0 aliphatic carbocycles. The zero-order chi connectivity index (χ0) is 18.1. The number of H-pyrrole nitrogens is 1. The molecule has 8 nitrogen and oxygen atoms in total. The molecule has 2 fully saturated rings. The first-order valence-electron chi connectivity index (χ1n) is 9.09. The van der Waals surface area contributed by atoms with Gasteiger partial charge in [-0.25, -0.2) is 4.79 Å². The number of rotatable bonds is 3. The van der Waals surface area contributed by atoms with Crippen molar-refractivity contribution < 1.29 is 9.59 Å². The lowest BCUT2D eigenvalue weighted by molar-refractivity contribution is -0.140. The molecular formula is C18H23N5O3. The zero-order valence-corrected chi connectivity index (χ0v) is 14.6. The summed E-state index contributed by atoms with van der Waals surface area (Å²) in [4.78, 5) is 43.6. The molecule has 1 aromatic heterocycles. The Morgan fingerprint density at radius 1 is 1.19 bits per heavy atom. The summed E-state index contributed by atoms with van der Waals surface area (Å²) in [6.07, 6.45) is 1.79. The van der Waals surface area contributed by atoms with Crippen molar-refractivity contribution >= 4 is 22.8 Å². The minimum Gasteiger partial charge on any atom is -0.339 e. The van der Waals surface area contributed by atoms with Crippen LogP contribution in [0.15, 0.2) is 29.1 Å². The first-order valence-corrected chi connectivity index (χ1v) is 9.09. The molecule has 8 heteroatoms. The molecule has 2 N–H and O–H groups in total. The highest BCUT2D eigenvalue weighted by atomic mass is 16.2. The van der Waals surface area contributed by atoms with Gasteiger partial charge in [0.1, 0.15) is 6.54 Å². The zero-order valence-electron chi connectivity index (χ0n) is 14.6. The maximum absolute atomic E-state index is 12.8. The number of carbonyl (C=O) groups is 2. The van der Waals surface area contributed by atoms with E-state index in [0.717, 1.165) is 30.4 Å². The number of amides is 2. The molecule has 26 heavy (non-hydrogen) atoms. The summed E-state index contributed by atoms with van der Waals surface area (Å²) in [5.74, 6) is 0.0209. The average molecular weight is 357 g/mol. The van der Waals surface area contributed by atoms with E-state index in [1.54, 1.807) is 4.90 Å². The van der Waals surface area contributed by atoms with Crippen LogP contribution in [0.2, 0.25) is 0 Å². The van der Waals surface area contributed by atoms with Crippen LogP contribution in [0.4, 0.5) is 0 Å². The fraction of sp³-hybridized carbons (Fsp3) is 0.500. The number of carbonyl (C=O) groups excluding carboxylic acids is 2. The van der Waals surface area contributed by atoms with E-state index in [1.165, 1.54) is 4.57 Å². The number of piperidine rings is 1. The predicted molar refractivity (Wildman–Crippen MR) is 96.7 cm³/mol. The van der Waals surface area contributed by atoms with Crippen LogP contribution >= 0.6 is 0 Å². The Morgan fingerprint density at radius 2 is 2.04 bits per heavy atom. The van der Waals surface area contributed by atoms with Crippen LogP contribution < -0.4 is 11.0 Å². The summed E-state index contributed by atoms with van der Waals surface area (Å²) in [5, 5.41) is 3.08. The molecule has 1 aromatic carbocycles. The number of hydrogen-bond acceptors (Lipinski definition) is 4. The summed E-state index contributed by atoms with van der Waals surface area (Å²) in [6, 6.07) is 7.43. The molecule has 2 aromatic rings. The fourth-order valence-corrected chi connectivity index (χ4v) is 3.94. The van der Waals surface area contributed by atoms with E-state index < -0.39 is 0 Å². The number of nitrogens with zero attached hydrogens (tertiary/aromatic N) is 3. The van der Waals surface area contributed by atoms with Crippen LogP contribution in [0, 0.1) is 0 Å². The number of nitrogens with one attached hydrogen (secondary N) is 2. The highest BCUT2D eigenvalue weighted by Gasteiger charge is 2.31. The number of hydrogen-bond donors (Lipinski definition) is 2. The average Bonchev–Trinajstić information content (AvgIpc) is 2.98. The first kappa shape index (κ1) is 16.8. The highest BCUT2D eigenvalue weighted by Crippen LogP contribution is 2.18. The van der Waals surface area contributed by atoms with Gasteiger partial charge in [0.15, 0.2) is 0 Å². The van der Waals surface area contributed by atoms with Crippen molar-refractivity contribution in [3.05, 3.63) is 34.7 Å². The SMILES string of the molecule is O=C(Cn1c(=O)[nH]c2ccccc21)N1CCCC(N2CCNCC2=O)C1. The van der Waals surface area contributed by atoms with Gasteiger partial charge in [0, 0.05) is 32.2 Å². The van der Waals surface area contributed by atoms with Crippen LogP contribution in [0.1, 0.15) is 12.8 Å². The Hall–Kier alpha value is -2.61. The molecule has 1 unspecified atom stereocenters. The van der Waals surface area contributed by atoms with Crippen LogP contribution in [-0.4, -0.2) is 69.9 Å². The lowest BCUT2D eigenvalue weighted by Gasteiger charge is -2.41. The number of aromatic nitrogens is 2. The monoisotopic (exact) mass is 357 g/mol. The van der Waals surface area contributed by atoms with Gasteiger partial charge >= 0.3 is 5.69 Å². The van der Waals surface area contributed by atoms with Gasteiger partial charge in [-0.2, -0.15) is 0 Å². The van der Waals surface area contributed by atoms with E-state index in [1.807, 2.05) is 29.2 Å². The lowest BCUT2D eigenvalue weighted by atomic mass is 10.0. The van der Waals surface area contributed by atoms with Gasteiger partial charge in [-0.15, -0.1) is 0 Å². The maximum Gasteiger partial charge on any atom is 0.326 e. The molecule has 2 aliphatic heterocycles. The van der Waals surface area contributed by atoms with Gasteiger partial charge in [-0.3, -0.25) is 14.2 Å². The first-order chi connectivity index (χ1) is 12.6. The van der Waals surface area contributed by atoms with E-state index in [-0.39, 0.29) is 30.1 Å². The van der Waals surface area contributed by atoms with Crippen molar-refractivity contribution in [2.24, 2.45) is 0 Å². The number of piperazine rings is 1. The summed E-state index contributed by atoms with van der Waals surface area (Å²) in [7, 11) is 0. The molecule has 2 saturated heterocycles. The lowest BCUT2D eigenvalue weighted by Crippen LogP contribution is -2.57. The van der Waals surface area contributed by atoms with Gasteiger partial charge in [-0.05, 0) is 25.0 Å². The van der Waals surface area contributed by atoms with Crippen LogP contribution in [0.25, 0.3) is 11.0 Å². The topological polar surface area (TPSA) is 90.4 Å². The second kappa shape index (κ2) is 6.95. The molecule has 0 radical (unpaired) electrons. The smallest absolute Gasteiger partial charge is 0.326 e. The normalized spacial score (nSPS) is 21.4. The third-order valence-electron chi connectivity index (χ3n) is 5.29. The van der Waals surface area contributed by atoms with E-state index in [4.69, 9.17) is 0 Å².